The molecule has 0 amide bonds. The molecule has 0 saturated carbocycles. The summed E-state index contributed by atoms with van der Waals surface area (Å²) in [6.45, 7) is 17.7. The summed E-state index contributed by atoms with van der Waals surface area (Å²) < 4.78 is 0. The van der Waals surface area contributed by atoms with Gasteiger partial charge in [-0.15, -0.1) is 5.76 Å². The van der Waals surface area contributed by atoms with Crippen LogP contribution in [0.2, 0.25) is 0 Å². The Hall–Kier alpha value is -0.130. The zero-order chi connectivity index (χ0) is 14.8. The van der Waals surface area contributed by atoms with Crippen LogP contribution in [0.15, 0.2) is 11.8 Å². The predicted molar refractivity (Wildman–Crippen MR) is 74.5 cm³/mol. The van der Waals surface area contributed by atoms with Crippen molar-refractivity contribution in [3.8, 4) is 0 Å². The second-order valence-electron chi connectivity index (χ2n) is 5.11. The molecule has 0 aromatic heterocycles. The first-order chi connectivity index (χ1) is 8.12. The maximum atomic E-state index is 9.98. The van der Waals surface area contributed by atoms with E-state index in [2.05, 4.69) is 51.5 Å². The van der Waals surface area contributed by atoms with E-state index in [1.807, 2.05) is 0 Å². The zero-order valence-corrected chi connectivity index (χ0v) is 15.3. The van der Waals surface area contributed by atoms with Gasteiger partial charge in [0.15, 0.2) is 5.78 Å². The Morgan fingerprint density at radius 1 is 1.26 bits per heavy atom. The fourth-order valence-corrected chi connectivity index (χ4v) is 0.977. The molecule has 19 heavy (non-hydrogen) atoms. The van der Waals surface area contributed by atoms with Crippen LogP contribution in [-0.4, -0.2) is 29.3 Å². The van der Waals surface area contributed by atoms with Gasteiger partial charge in [0.25, 0.3) is 0 Å². The van der Waals surface area contributed by atoms with Crippen molar-refractivity contribution < 1.29 is 32.3 Å². The van der Waals surface area contributed by atoms with Gasteiger partial charge in [-0.2, -0.15) is 0 Å². The Kier molecular flexibility index (Phi) is 16.2. The minimum absolute atomic E-state index is 0. The first-order valence-electron chi connectivity index (χ1n) is 6.33. The van der Waals surface area contributed by atoms with Gasteiger partial charge in [0, 0.05) is 22.4 Å². The third kappa shape index (κ3) is 23.4. The molecule has 0 rings (SSSR count). The first-order valence-corrected chi connectivity index (χ1v) is 6.33. The summed E-state index contributed by atoms with van der Waals surface area (Å²) >= 11 is 0. The molecule has 0 fully saturated rings. The maximum absolute atomic E-state index is 9.98. The number of nitrogens with one attached hydrogen (secondary N) is 1. The molecule has 5 heteroatoms. The zero-order valence-electron chi connectivity index (χ0n) is 13.1. The van der Waals surface area contributed by atoms with Crippen molar-refractivity contribution in [1.82, 2.24) is 10.2 Å². The molecular formula is C14H28AuN2O2-2. The molecule has 119 valence electrons. The molecule has 0 aliphatic heterocycles. The third-order valence-corrected chi connectivity index (χ3v) is 1.90. The number of carbonyl (C=O) groups is 1. The van der Waals surface area contributed by atoms with E-state index in [0.29, 0.717) is 0 Å². The van der Waals surface area contributed by atoms with Crippen LogP contribution in [0.5, 0.6) is 0 Å². The number of allylic oxidation sites excluding steroid dienone is 2. The Labute approximate surface area is 134 Å². The number of carbonyl (C=O) groups excluding carboxylic acids is 1. The fourth-order valence-electron chi connectivity index (χ4n) is 0.977. The molecule has 0 unspecified atom stereocenters. The van der Waals surface area contributed by atoms with Crippen LogP contribution in [0.25, 0.3) is 0 Å². The second kappa shape index (κ2) is 12.9. The van der Waals surface area contributed by atoms with Gasteiger partial charge in [0.2, 0.25) is 0 Å². The summed E-state index contributed by atoms with van der Waals surface area (Å²) in [5, 5.41) is 13.3. The van der Waals surface area contributed by atoms with E-state index in [1.54, 1.807) is 0 Å². The molecule has 0 bridgehead atoms. The third-order valence-electron chi connectivity index (χ3n) is 1.90. The van der Waals surface area contributed by atoms with Crippen LogP contribution in [0.1, 0.15) is 48.5 Å². The Balaban J connectivity index is -0.000000280. The molecule has 0 heterocycles. The standard InChI is InChI=1S/C9H21N2.C5H8O2.Au/c1-6-11(7-2)8-10-9(3,4)5;1-4(6)3-5(2)7;/h8,10H,6-7H2,1-5H3;3,6H,1-2H3;/q-1;;/p-1/b;4-3-;. The molecule has 0 aromatic carbocycles. The van der Waals surface area contributed by atoms with E-state index in [0.717, 1.165) is 19.2 Å². The molecule has 0 spiro atoms. The summed E-state index contributed by atoms with van der Waals surface area (Å²) in [4.78, 5) is 12.2. The van der Waals surface area contributed by atoms with Gasteiger partial charge in [-0.3, -0.25) is 4.79 Å². The minimum Gasteiger partial charge on any atom is -0.876 e. The summed E-state index contributed by atoms with van der Waals surface area (Å²) in [7, 11) is 0. The summed E-state index contributed by atoms with van der Waals surface area (Å²) in [5.41, 5.74) is 0.183. The van der Waals surface area contributed by atoms with Gasteiger partial charge in [0.05, 0.1) is 0 Å². The Morgan fingerprint density at radius 3 is 1.84 bits per heavy atom. The molecule has 4 nitrogen and oxygen atoms in total. The van der Waals surface area contributed by atoms with Gasteiger partial charge in [0.1, 0.15) is 0 Å². The van der Waals surface area contributed by atoms with Crippen molar-refractivity contribution in [1.29, 1.82) is 0 Å². The quantitative estimate of drug-likeness (QED) is 0.298. The van der Waals surface area contributed by atoms with Crippen molar-refractivity contribution in [2.75, 3.05) is 13.1 Å². The van der Waals surface area contributed by atoms with Gasteiger partial charge < -0.3 is 15.3 Å². The topological polar surface area (TPSA) is 55.4 Å². The molecule has 0 aromatic rings. The normalized spacial score (nSPS) is 11.5. The number of ketones is 1. The summed E-state index contributed by atoms with van der Waals surface area (Å²) in [6.07, 6.45) is 1.06. The van der Waals surface area contributed by atoms with Crippen LogP contribution in [-0.2, 0) is 27.2 Å². The molecular weight excluding hydrogens is 425 g/mol. The largest absolute Gasteiger partial charge is 0.876 e. The molecule has 0 atom stereocenters. The SMILES string of the molecule is CC(=O)/C=C(/C)[O-].CCN([CH-]NC(C)(C)C)CC.[Au]. The molecule has 0 saturated heterocycles. The van der Waals surface area contributed by atoms with E-state index in [9.17, 15) is 9.90 Å². The fraction of sp³-hybridized carbons (Fsp3) is 0.714. The van der Waals surface area contributed by atoms with E-state index in [4.69, 9.17) is 0 Å². The van der Waals surface area contributed by atoms with E-state index in [-0.39, 0.29) is 39.5 Å². The smallest absolute Gasteiger partial charge is 0.151 e. The average Bonchev–Trinajstić information content (AvgIpc) is 2.16. The minimum atomic E-state index is -0.187. The van der Waals surface area contributed by atoms with Crippen LogP contribution in [0.3, 0.4) is 0 Å². The van der Waals surface area contributed by atoms with E-state index in [1.165, 1.54) is 13.8 Å². The van der Waals surface area contributed by atoms with Gasteiger partial charge in [-0.05, 0) is 52.4 Å². The number of rotatable bonds is 5. The van der Waals surface area contributed by atoms with Crippen LogP contribution in [0, 0.1) is 6.67 Å². The summed E-state index contributed by atoms with van der Waals surface area (Å²) in [6, 6.07) is 0. The second-order valence-corrected chi connectivity index (χ2v) is 5.11. The van der Waals surface area contributed by atoms with Crippen molar-refractivity contribution in [2.24, 2.45) is 0 Å². The number of hydrogen-bond donors (Lipinski definition) is 1. The van der Waals surface area contributed by atoms with Crippen molar-refractivity contribution in [3.05, 3.63) is 18.5 Å². The monoisotopic (exact) mass is 453 g/mol. The van der Waals surface area contributed by atoms with Crippen molar-refractivity contribution in [2.45, 2.75) is 54.0 Å². The Bertz CT molecular complexity index is 253. The van der Waals surface area contributed by atoms with Gasteiger partial charge in [-0.1, -0.05) is 20.8 Å². The maximum Gasteiger partial charge on any atom is 0.151 e. The van der Waals surface area contributed by atoms with Gasteiger partial charge in [-0.25, -0.2) is 6.67 Å². The van der Waals surface area contributed by atoms with Crippen LogP contribution >= 0.6 is 0 Å². The van der Waals surface area contributed by atoms with Gasteiger partial charge >= 0.3 is 0 Å². The predicted octanol–water partition coefficient (Wildman–Crippen LogP) is 1.67. The van der Waals surface area contributed by atoms with E-state index >= 15 is 0 Å². The molecule has 0 aliphatic rings. The van der Waals surface area contributed by atoms with Crippen LogP contribution < -0.4 is 10.4 Å². The van der Waals surface area contributed by atoms with Crippen LogP contribution in [0.4, 0.5) is 0 Å². The van der Waals surface area contributed by atoms with Crippen molar-refractivity contribution in [3.63, 3.8) is 0 Å². The average molecular weight is 453 g/mol. The summed E-state index contributed by atoms with van der Waals surface area (Å²) in [5.74, 6) is -0.375. The Morgan fingerprint density at radius 2 is 1.68 bits per heavy atom. The number of hydrogen-bond acceptors (Lipinski definition) is 4. The van der Waals surface area contributed by atoms with Crippen molar-refractivity contribution >= 4 is 5.78 Å². The first kappa shape index (κ1) is 23.9. The molecule has 1 radical (unpaired) electrons. The molecule has 0 aliphatic carbocycles. The molecule has 1 N–H and O–H groups in total. The number of nitrogens with zero attached hydrogens (tertiary/aromatic N) is 1. The van der Waals surface area contributed by atoms with E-state index < -0.39 is 0 Å².